The molecule has 3 heteroatoms. The summed E-state index contributed by atoms with van der Waals surface area (Å²) in [6.45, 7) is 3.66. The summed E-state index contributed by atoms with van der Waals surface area (Å²) in [7, 11) is 0. The van der Waals surface area contributed by atoms with E-state index in [0.717, 1.165) is 18.8 Å². The Morgan fingerprint density at radius 2 is 1.94 bits per heavy atom. The van der Waals surface area contributed by atoms with Gasteiger partial charge >= 0.3 is 0 Å². The highest BCUT2D eigenvalue weighted by atomic mass is 16.5. The number of unbranched alkanes of at least 4 members (excludes halogenated alkanes) is 1. The summed E-state index contributed by atoms with van der Waals surface area (Å²) >= 11 is 0. The second-order valence-electron chi connectivity index (χ2n) is 5.60. The van der Waals surface area contributed by atoms with Gasteiger partial charge in [0.1, 0.15) is 0 Å². The maximum Gasteiger partial charge on any atom is 0.223 e. The zero-order valence-electron chi connectivity index (χ0n) is 10.9. The molecule has 1 aliphatic heterocycles. The van der Waals surface area contributed by atoms with Gasteiger partial charge in [-0.25, -0.2) is 0 Å². The van der Waals surface area contributed by atoms with Gasteiger partial charge in [0.25, 0.3) is 0 Å². The summed E-state index contributed by atoms with van der Waals surface area (Å²) in [6, 6.07) is 0.292. The van der Waals surface area contributed by atoms with Gasteiger partial charge in [0.2, 0.25) is 5.91 Å². The molecule has 1 N–H and O–H groups in total. The summed E-state index contributed by atoms with van der Waals surface area (Å²) in [4.78, 5) is 12.0. The number of rotatable bonds is 5. The Morgan fingerprint density at radius 1 is 1.24 bits per heavy atom. The molecule has 1 aliphatic carbocycles. The van der Waals surface area contributed by atoms with Crippen LogP contribution in [0.1, 0.15) is 51.9 Å². The number of ether oxygens (including phenoxy) is 1. The lowest BCUT2D eigenvalue weighted by Crippen LogP contribution is -2.50. The van der Waals surface area contributed by atoms with Crippen LogP contribution in [0, 0.1) is 11.8 Å². The molecule has 2 rings (SSSR count). The number of carbonyl (C=O) groups excluding carboxylic acids is 1. The third kappa shape index (κ3) is 3.70. The Labute approximate surface area is 104 Å². The Kier molecular flexibility index (Phi) is 4.84. The van der Waals surface area contributed by atoms with Crippen molar-refractivity contribution in [2.24, 2.45) is 11.8 Å². The van der Waals surface area contributed by atoms with Crippen molar-refractivity contribution in [1.82, 2.24) is 5.32 Å². The second-order valence-corrected chi connectivity index (χ2v) is 5.60. The first-order valence-electron chi connectivity index (χ1n) is 7.17. The molecule has 0 aromatic rings. The predicted molar refractivity (Wildman–Crippen MR) is 67.7 cm³/mol. The maximum atomic E-state index is 12.0. The molecule has 2 aliphatic rings. The van der Waals surface area contributed by atoms with E-state index in [9.17, 15) is 4.79 Å². The molecule has 0 unspecified atom stereocenters. The smallest absolute Gasteiger partial charge is 0.223 e. The van der Waals surface area contributed by atoms with Crippen molar-refractivity contribution in [1.29, 1.82) is 0 Å². The lowest BCUT2D eigenvalue weighted by Gasteiger charge is -2.32. The van der Waals surface area contributed by atoms with Crippen LogP contribution in [0.5, 0.6) is 0 Å². The van der Waals surface area contributed by atoms with Crippen LogP contribution in [0.3, 0.4) is 0 Å². The molecule has 0 bridgehead atoms. The number of hydrogen-bond donors (Lipinski definition) is 1. The van der Waals surface area contributed by atoms with Gasteiger partial charge in [-0.15, -0.1) is 0 Å². The molecule has 0 spiro atoms. The molecule has 3 nitrogen and oxygen atoms in total. The van der Waals surface area contributed by atoms with Crippen molar-refractivity contribution in [2.75, 3.05) is 13.2 Å². The van der Waals surface area contributed by atoms with Crippen molar-refractivity contribution < 1.29 is 9.53 Å². The van der Waals surface area contributed by atoms with Crippen molar-refractivity contribution in [3.05, 3.63) is 0 Å². The van der Waals surface area contributed by atoms with Crippen LogP contribution in [0.25, 0.3) is 0 Å². The number of nitrogens with one attached hydrogen (secondary N) is 1. The SMILES string of the molecule is CCCCC1CCC(C(=O)NC2COC2)CC1. The van der Waals surface area contributed by atoms with E-state index in [1.807, 2.05) is 0 Å². The molecule has 1 saturated carbocycles. The van der Waals surface area contributed by atoms with E-state index in [2.05, 4.69) is 12.2 Å². The van der Waals surface area contributed by atoms with Crippen molar-refractivity contribution in [2.45, 2.75) is 57.9 Å². The minimum atomic E-state index is 0.271. The first-order chi connectivity index (χ1) is 8.29. The highest BCUT2D eigenvalue weighted by molar-refractivity contribution is 5.79. The number of amides is 1. The van der Waals surface area contributed by atoms with Gasteiger partial charge in [0.05, 0.1) is 19.3 Å². The zero-order valence-corrected chi connectivity index (χ0v) is 10.9. The maximum absolute atomic E-state index is 12.0. The monoisotopic (exact) mass is 239 g/mol. The lowest BCUT2D eigenvalue weighted by atomic mass is 9.79. The summed E-state index contributed by atoms with van der Waals surface area (Å²) in [5, 5.41) is 3.08. The molecule has 1 amide bonds. The van der Waals surface area contributed by atoms with E-state index in [0.29, 0.717) is 19.3 Å². The van der Waals surface area contributed by atoms with Crippen molar-refractivity contribution >= 4 is 5.91 Å². The van der Waals surface area contributed by atoms with Crippen LogP contribution in [-0.4, -0.2) is 25.2 Å². The third-order valence-electron chi connectivity index (χ3n) is 4.17. The fourth-order valence-corrected chi connectivity index (χ4v) is 2.84. The summed E-state index contributed by atoms with van der Waals surface area (Å²) in [6.07, 6.45) is 8.68. The first-order valence-corrected chi connectivity index (χ1v) is 7.17. The van der Waals surface area contributed by atoms with Gasteiger partial charge in [0, 0.05) is 5.92 Å². The average Bonchev–Trinajstić information content (AvgIpc) is 2.31. The standard InChI is InChI=1S/C14H25NO2/c1-2-3-4-11-5-7-12(8-6-11)14(16)15-13-9-17-10-13/h11-13H,2-10H2,1H3,(H,15,16). The zero-order chi connectivity index (χ0) is 12.1. The van der Waals surface area contributed by atoms with E-state index in [1.54, 1.807) is 0 Å². The topological polar surface area (TPSA) is 38.3 Å². The summed E-state index contributed by atoms with van der Waals surface area (Å²) < 4.78 is 5.07. The van der Waals surface area contributed by atoms with Gasteiger partial charge in [0.15, 0.2) is 0 Å². The van der Waals surface area contributed by atoms with Gasteiger partial charge in [-0.2, -0.15) is 0 Å². The van der Waals surface area contributed by atoms with Crippen LogP contribution >= 0.6 is 0 Å². The molecule has 1 heterocycles. The lowest BCUT2D eigenvalue weighted by molar-refractivity contribution is -0.130. The minimum absolute atomic E-state index is 0.271. The number of carbonyl (C=O) groups is 1. The molecule has 0 atom stereocenters. The highest BCUT2D eigenvalue weighted by Crippen LogP contribution is 2.32. The highest BCUT2D eigenvalue weighted by Gasteiger charge is 2.28. The molecule has 0 aromatic heterocycles. The normalized spacial score (nSPS) is 29.7. The number of hydrogen-bond acceptors (Lipinski definition) is 2. The van der Waals surface area contributed by atoms with Gasteiger partial charge < -0.3 is 10.1 Å². The van der Waals surface area contributed by atoms with E-state index >= 15 is 0 Å². The fraction of sp³-hybridized carbons (Fsp3) is 0.929. The van der Waals surface area contributed by atoms with Crippen LogP contribution < -0.4 is 5.32 Å². The molecular weight excluding hydrogens is 214 g/mol. The van der Waals surface area contributed by atoms with Crippen LogP contribution in [-0.2, 0) is 9.53 Å². The van der Waals surface area contributed by atoms with Gasteiger partial charge in [-0.05, 0) is 31.6 Å². The Hall–Kier alpha value is -0.570. The van der Waals surface area contributed by atoms with E-state index in [1.165, 1.54) is 32.1 Å². The minimum Gasteiger partial charge on any atom is -0.377 e. The molecule has 1 saturated heterocycles. The molecule has 2 fully saturated rings. The third-order valence-corrected chi connectivity index (χ3v) is 4.17. The fourth-order valence-electron chi connectivity index (χ4n) is 2.84. The molecule has 0 radical (unpaired) electrons. The van der Waals surface area contributed by atoms with E-state index in [-0.39, 0.29) is 11.8 Å². The molecule has 0 aromatic carbocycles. The Balaban J connectivity index is 1.65. The van der Waals surface area contributed by atoms with Crippen molar-refractivity contribution in [3.8, 4) is 0 Å². The van der Waals surface area contributed by atoms with Crippen LogP contribution in [0.2, 0.25) is 0 Å². The molecule has 98 valence electrons. The largest absolute Gasteiger partial charge is 0.377 e. The summed E-state index contributed by atoms with van der Waals surface area (Å²) in [5.41, 5.74) is 0. The molecular formula is C14H25NO2. The van der Waals surface area contributed by atoms with E-state index in [4.69, 9.17) is 4.74 Å². The van der Waals surface area contributed by atoms with Crippen molar-refractivity contribution in [3.63, 3.8) is 0 Å². The first kappa shape index (κ1) is 12.9. The second kappa shape index (κ2) is 6.39. The quantitative estimate of drug-likeness (QED) is 0.800. The van der Waals surface area contributed by atoms with Crippen LogP contribution in [0.4, 0.5) is 0 Å². The van der Waals surface area contributed by atoms with Gasteiger partial charge in [-0.1, -0.05) is 26.2 Å². The Bertz CT molecular complexity index is 243. The Morgan fingerprint density at radius 3 is 2.47 bits per heavy atom. The molecule has 17 heavy (non-hydrogen) atoms. The van der Waals surface area contributed by atoms with Gasteiger partial charge in [-0.3, -0.25) is 4.79 Å². The van der Waals surface area contributed by atoms with Crippen LogP contribution in [0.15, 0.2) is 0 Å². The average molecular weight is 239 g/mol. The summed E-state index contributed by atoms with van der Waals surface area (Å²) in [5.74, 6) is 1.42. The van der Waals surface area contributed by atoms with E-state index < -0.39 is 0 Å². The predicted octanol–water partition coefficient (Wildman–Crippen LogP) is 2.50.